The molecule has 1 amide bonds. The van der Waals surface area contributed by atoms with E-state index in [1.54, 1.807) is 41.3 Å². The molecule has 2 aromatic heterocycles. The third-order valence-electron chi connectivity index (χ3n) is 5.14. The van der Waals surface area contributed by atoms with Gasteiger partial charge in [0.15, 0.2) is 0 Å². The summed E-state index contributed by atoms with van der Waals surface area (Å²) in [5.74, 6) is -0.521. The highest BCUT2D eigenvalue weighted by Gasteiger charge is 2.33. The maximum atomic E-state index is 12.9. The van der Waals surface area contributed by atoms with Crippen molar-refractivity contribution in [1.29, 1.82) is 0 Å². The molecule has 0 radical (unpaired) electrons. The summed E-state index contributed by atoms with van der Waals surface area (Å²) in [6, 6.07) is 9.91. The monoisotopic (exact) mass is 479 g/mol. The standard InChI is InChI=1S/C20H19Cl2N5O3S/c21-15-4-5-17(27-10-2-9-24-27)16(13-15)25-20(28)14-6-11-26(12-7-14)31(29,30)18-3-1-8-23-19(18)22/h1-5,8-10,13-14H,6-7,11-12H2,(H,25,28). The van der Waals surface area contributed by atoms with Crippen LogP contribution >= 0.6 is 23.2 Å². The highest BCUT2D eigenvalue weighted by molar-refractivity contribution is 7.89. The van der Waals surface area contributed by atoms with Gasteiger partial charge in [0.2, 0.25) is 15.9 Å². The Hall–Kier alpha value is -2.46. The average Bonchev–Trinajstić information content (AvgIpc) is 3.29. The molecule has 1 N–H and O–H groups in total. The minimum atomic E-state index is -3.76. The zero-order valence-corrected chi connectivity index (χ0v) is 18.6. The number of sulfonamides is 1. The summed E-state index contributed by atoms with van der Waals surface area (Å²) in [6.45, 7) is 0.431. The van der Waals surface area contributed by atoms with Crippen LogP contribution in [0.25, 0.3) is 5.69 Å². The summed E-state index contributed by atoms with van der Waals surface area (Å²) < 4.78 is 28.7. The fourth-order valence-electron chi connectivity index (χ4n) is 3.52. The number of aromatic nitrogens is 3. The van der Waals surface area contributed by atoms with E-state index in [9.17, 15) is 13.2 Å². The number of benzene rings is 1. The second-order valence-corrected chi connectivity index (χ2v) is 9.77. The minimum absolute atomic E-state index is 0.0256. The second-order valence-electron chi connectivity index (χ2n) is 7.07. The van der Waals surface area contributed by atoms with E-state index in [1.807, 2.05) is 0 Å². The Morgan fingerprint density at radius 3 is 2.55 bits per heavy atom. The number of nitrogens with one attached hydrogen (secondary N) is 1. The predicted octanol–water partition coefficient (Wildman–Crippen LogP) is 3.61. The van der Waals surface area contributed by atoms with Crippen LogP contribution in [0.1, 0.15) is 12.8 Å². The molecule has 1 fully saturated rings. The van der Waals surface area contributed by atoms with Crippen LogP contribution in [0.15, 0.2) is 59.9 Å². The van der Waals surface area contributed by atoms with Crippen LogP contribution in [0, 0.1) is 5.92 Å². The lowest BCUT2D eigenvalue weighted by atomic mass is 9.97. The number of rotatable bonds is 5. The topological polar surface area (TPSA) is 97.2 Å². The molecule has 1 aliphatic rings. The predicted molar refractivity (Wildman–Crippen MR) is 118 cm³/mol. The Balaban J connectivity index is 1.45. The Bertz CT molecular complexity index is 1190. The third-order valence-corrected chi connectivity index (χ3v) is 7.71. The van der Waals surface area contributed by atoms with Gasteiger partial charge in [0.25, 0.3) is 0 Å². The number of carbonyl (C=O) groups excluding carboxylic acids is 1. The van der Waals surface area contributed by atoms with Gasteiger partial charge < -0.3 is 5.32 Å². The van der Waals surface area contributed by atoms with Gasteiger partial charge in [-0.05, 0) is 49.2 Å². The Morgan fingerprint density at radius 2 is 1.87 bits per heavy atom. The van der Waals surface area contributed by atoms with E-state index in [0.717, 1.165) is 0 Å². The van der Waals surface area contributed by atoms with E-state index in [4.69, 9.17) is 23.2 Å². The van der Waals surface area contributed by atoms with E-state index in [-0.39, 0.29) is 35.0 Å². The van der Waals surface area contributed by atoms with Crippen molar-refractivity contribution >= 4 is 44.8 Å². The first-order valence-electron chi connectivity index (χ1n) is 9.57. The van der Waals surface area contributed by atoms with Crippen LogP contribution in [0.2, 0.25) is 10.2 Å². The molecule has 31 heavy (non-hydrogen) atoms. The average molecular weight is 480 g/mol. The van der Waals surface area contributed by atoms with Crippen molar-refractivity contribution < 1.29 is 13.2 Å². The van der Waals surface area contributed by atoms with Gasteiger partial charge in [0.05, 0.1) is 11.4 Å². The van der Waals surface area contributed by atoms with E-state index in [1.165, 1.54) is 22.6 Å². The lowest BCUT2D eigenvalue weighted by molar-refractivity contribution is -0.120. The maximum Gasteiger partial charge on any atom is 0.246 e. The van der Waals surface area contributed by atoms with Gasteiger partial charge in [-0.1, -0.05) is 23.2 Å². The van der Waals surface area contributed by atoms with Crippen molar-refractivity contribution in [2.45, 2.75) is 17.7 Å². The van der Waals surface area contributed by atoms with Crippen molar-refractivity contribution in [1.82, 2.24) is 19.1 Å². The number of halogens is 2. The maximum absolute atomic E-state index is 12.9. The number of anilines is 1. The van der Waals surface area contributed by atoms with Crippen LogP contribution in [-0.4, -0.2) is 46.5 Å². The first-order valence-corrected chi connectivity index (χ1v) is 11.8. The number of nitrogens with zero attached hydrogens (tertiary/aromatic N) is 4. The molecule has 162 valence electrons. The van der Waals surface area contributed by atoms with Crippen LogP contribution in [0.4, 0.5) is 5.69 Å². The highest BCUT2D eigenvalue weighted by atomic mass is 35.5. The molecule has 1 saturated heterocycles. The molecule has 0 unspecified atom stereocenters. The van der Waals surface area contributed by atoms with Gasteiger partial charge in [0.1, 0.15) is 10.0 Å². The number of hydrogen-bond donors (Lipinski definition) is 1. The van der Waals surface area contributed by atoms with E-state index in [2.05, 4.69) is 15.4 Å². The minimum Gasteiger partial charge on any atom is -0.324 e. The molecule has 1 aliphatic heterocycles. The molecule has 3 heterocycles. The van der Waals surface area contributed by atoms with E-state index >= 15 is 0 Å². The summed E-state index contributed by atoms with van der Waals surface area (Å²) in [5, 5.41) is 7.55. The number of carbonyl (C=O) groups is 1. The number of pyridine rings is 1. The summed E-state index contributed by atoms with van der Waals surface area (Å²) in [4.78, 5) is 16.7. The number of hydrogen-bond acceptors (Lipinski definition) is 5. The molecule has 0 saturated carbocycles. The first kappa shape index (κ1) is 21.8. The smallest absolute Gasteiger partial charge is 0.246 e. The molecule has 1 aromatic carbocycles. The fourth-order valence-corrected chi connectivity index (χ4v) is 5.59. The molecular weight excluding hydrogens is 461 g/mol. The lowest BCUT2D eigenvalue weighted by Gasteiger charge is -2.30. The van der Waals surface area contributed by atoms with Crippen LogP contribution in [0.5, 0.6) is 0 Å². The highest BCUT2D eigenvalue weighted by Crippen LogP contribution is 2.29. The molecular formula is C20H19Cl2N5O3S. The zero-order valence-electron chi connectivity index (χ0n) is 16.3. The fraction of sp³-hybridized carbons (Fsp3) is 0.250. The molecule has 0 spiro atoms. The summed E-state index contributed by atoms with van der Waals surface area (Å²) in [5.41, 5.74) is 1.23. The molecule has 11 heteroatoms. The normalized spacial score (nSPS) is 15.7. The van der Waals surface area contributed by atoms with Crippen molar-refractivity contribution in [3.05, 3.63) is 65.2 Å². The molecule has 0 aliphatic carbocycles. The molecule has 8 nitrogen and oxygen atoms in total. The van der Waals surface area contributed by atoms with Crippen molar-refractivity contribution in [2.75, 3.05) is 18.4 Å². The van der Waals surface area contributed by atoms with Gasteiger partial charge in [-0.25, -0.2) is 18.1 Å². The summed E-state index contributed by atoms with van der Waals surface area (Å²) >= 11 is 12.1. The van der Waals surface area contributed by atoms with Gasteiger partial charge in [0, 0.05) is 42.6 Å². The zero-order chi connectivity index (χ0) is 22.0. The summed E-state index contributed by atoms with van der Waals surface area (Å²) in [7, 11) is -3.76. The number of piperidine rings is 1. The molecule has 0 bridgehead atoms. The first-order chi connectivity index (χ1) is 14.9. The Labute approximate surface area is 189 Å². The molecule has 0 atom stereocenters. The second kappa shape index (κ2) is 8.96. The molecule has 4 rings (SSSR count). The Morgan fingerprint density at radius 1 is 1.10 bits per heavy atom. The summed E-state index contributed by atoms with van der Waals surface area (Å²) in [6.07, 6.45) is 5.63. The van der Waals surface area contributed by atoms with Gasteiger partial charge >= 0.3 is 0 Å². The third kappa shape index (κ3) is 4.59. The van der Waals surface area contributed by atoms with E-state index in [0.29, 0.717) is 29.2 Å². The Kier molecular flexibility index (Phi) is 6.29. The van der Waals surface area contributed by atoms with Gasteiger partial charge in [-0.3, -0.25) is 4.79 Å². The van der Waals surface area contributed by atoms with Gasteiger partial charge in [-0.2, -0.15) is 9.40 Å². The van der Waals surface area contributed by atoms with Crippen LogP contribution in [0.3, 0.4) is 0 Å². The van der Waals surface area contributed by atoms with Gasteiger partial charge in [-0.15, -0.1) is 0 Å². The van der Waals surface area contributed by atoms with Crippen molar-refractivity contribution in [3.8, 4) is 5.69 Å². The number of amides is 1. The SMILES string of the molecule is O=C(Nc1cc(Cl)ccc1-n1cccn1)C1CCN(S(=O)(=O)c2cccnc2Cl)CC1. The van der Waals surface area contributed by atoms with Crippen LogP contribution < -0.4 is 5.32 Å². The van der Waals surface area contributed by atoms with Crippen molar-refractivity contribution in [3.63, 3.8) is 0 Å². The quantitative estimate of drug-likeness (QED) is 0.563. The molecule has 3 aromatic rings. The largest absolute Gasteiger partial charge is 0.324 e. The lowest BCUT2D eigenvalue weighted by Crippen LogP contribution is -2.41. The van der Waals surface area contributed by atoms with E-state index < -0.39 is 10.0 Å². The van der Waals surface area contributed by atoms with Crippen molar-refractivity contribution in [2.24, 2.45) is 5.92 Å². The van der Waals surface area contributed by atoms with Crippen LogP contribution in [-0.2, 0) is 14.8 Å².